The van der Waals surface area contributed by atoms with Crippen molar-refractivity contribution in [3.8, 4) is 0 Å². The summed E-state index contributed by atoms with van der Waals surface area (Å²) in [5.74, 6) is -0.819. The fourth-order valence-electron chi connectivity index (χ4n) is 2.99. The molecule has 10 nitrogen and oxygen atoms in total. The van der Waals surface area contributed by atoms with Gasteiger partial charge < -0.3 is 25.1 Å². The fraction of sp³-hybridized carbons (Fsp3) is 0.615. The van der Waals surface area contributed by atoms with E-state index in [0.29, 0.717) is 4.73 Å². The minimum Gasteiger partial charge on any atom is -0.393 e. The second-order valence-corrected chi connectivity index (χ2v) is 5.77. The number of fused-ring (bicyclic) bond motifs is 2. The molecule has 2 aliphatic rings. The maximum Gasteiger partial charge on any atom is 0.367 e. The van der Waals surface area contributed by atoms with Gasteiger partial charge in [0.15, 0.2) is 6.23 Å². The highest BCUT2D eigenvalue weighted by atomic mass is 16.7. The minimum absolute atomic E-state index is 0.157. The summed E-state index contributed by atoms with van der Waals surface area (Å²) in [7, 11) is 0. The van der Waals surface area contributed by atoms with Gasteiger partial charge in [-0.25, -0.2) is 9.59 Å². The largest absolute Gasteiger partial charge is 0.393 e. The molecule has 126 valence electrons. The summed E-state index contributed by atoms with van der Waals surface area (Å²) in [6.45, 7) is 2.34. The molecule has 0 unspecified atom stereocenters. The Morgan fingerprint density at radius 1 is 1.57 bits per heavy atom. The molecule has 10 heteroatoms. The Morgan fingerprint density at radius 2 is 2.26 bits per heavy atom. The molecule has 23 heavy (non-hydrogen) atoms. The number of rotatable bonds is 3. The number of aromatic nitrogens is 2. The number of aliphatic hydroxyl groups excluding tert-OH is 2. The van der Waals surface area contributed by atoms with E-state index in [4.69, 9.17) is 4.74 Å². The SMILES string of the molecule is CC(=O)On1c(=O)c(C)cn([C@@H]2O[C@@]3(CO)CN[C@@H]2[C@@H]3O)c1=O. The van der Waals surface area contributed by atoms with Crippen molar-refractivity contribution >= 4 is 5.97 Å². The molecular formula is C13H17N3O7. The standard InChI is InChI=1S/C13H17N3O7/c1-6-3-15(12(21)16(10(6)20)23-7(2)18)11-8-9(19)13(5-17,22-11)4-14-8/h3,8-9,11,14,17,19H,4-5H2,1-2H3/t8-,9+,11-,13-/m1/s1. The van der Waals surface area contributed by atoms with E-state index in [2.05, 4.69) is 10.2 Å². The highest BCUT2D eigenvalue weighted by Crippen LogP contribution is 2.40. The third-order valence-electron chi connectivity index (χ3n) is 4.19. The highest BCUT2D eigenvalue weighted by molar-refractivity contribution is 5.66. The van der Waals surface area contributed by atoms with Gasteiger partial charge in [0.1, 0.15) is 11.7 Å². The minimum atomic E-state index is -1.20. The van der Waals surface area contributed by atoms with Gasteiger partial charge >= 0.3 is 11.7 Å². The lowest BCUT2D eigenvalue weighted by molar-refractivity contribution is -0.144. The lowest BCUT2D eigenvalue weighted by Crippen LogP contribution is -2.51. The second kappa shape index (κ2) is 5.27. The van der Waals surface area contributed by atoms with Gasteiger partial charge in [-0.15, -0.1) is 0 Å². The third-order valence-corrected chi connectivity index (χ3v) is 4.19. The van der Waals surface area contributed by atoms with Crippen molar-refractivity contribution in [2.75, 3.05) is 13.2 Å². The summed E-state index contributed by atoms with van der Waals surface area (Å²) in [6.07, 6.45) is -0.687. The Morgan fingerprint density at radius 3 is 2.83 bits per heavy atom. The molecule has 0 aliphatic carbocycles. The van der Waals surface area contributed by atoms with Crippen LogP contribution in [0.3, 0.4) is 0 Å². The molecule has 4 atom stereocenters. The predicted molar refractivity (Wildman–Crippen MR) is 74.7 cm³/mol. The Balaban J connectivity index is 2.09. The van der Waals surface area contributed by atoms with E-state index < -0.39 is 47.8 Å². The Bertz CT molecular complexity index is 770. The van der Waals surface area contributed by atoms with Crippen molar-refractivity contribution in [2.45, 2.75) is 37.8 Å². The van der Waals surface area contributed by atoms with Gasteiger partial charge in [0.2, 0.25) is 0 Å². The number of aryl methyl sites for hydroxylation is 1. The van der Waals surface area contributed by atoms with Gasteiger partial charge in [0, 0.05) is 25.2 Å². The van der Waals surface area contributed by atoms with Gasteiger partial charge in [0.05, 0.1) is 12.6 Å². The van der Waals surface area contributed by atoms with Crippen LogP contribution in [0.25, 0.3) is 0 Å². The number of aliphatic hydroxyl groups is 2. The lowest BCUT2D eigenvalue weighted by Gasteiger charge is -2.30. The smallest absolute Gasteiger partial charge is 0.367 e. The van der Waals surface area contributed by atoms with E-state index in [0.717, 1.165) is 11.5 Å². The fourth-order valence-corrected chi connectivity index (χ4v) is 2.99. The van der Waals surface area contributed by atoms with E-state index in [9.17, 15) is 24.6 Å². The Labute approximate surface area is 129 Å². The van der Waals surface area contributed by atoms with Crippen LogP contribution in [0.15, 0.2) is 15.8 Å². The molecule has 3 N–H and O–H groups in total. The summed E-state index contributed by atoms with van der Waals surface area (Å²) in [6, 6.07) is -0.637. The monoisotopic (exact) mass is 327 g/mol. The van der Waals surface area contributed by atoms with Crippen molar-refractivity contribution in [3.63, 3.8) is 0 Å². The number of nitrogens with one attached hydrogen (secondary N) is 1. The summed E-state index contributed by atoms with van der Waals surface area (Å²) < 4.78 is 7.09. The van der Waals surface area contributed by atoms with Crippen LogP contribution >= 0.6 is 0 Å². The van der Waals surface area contributed by atoms with Crippen LogP contribution in [-0.2, 0) is 9.53 Å². The van der Waals surface area contributed by atoms with Crippen LogP contribution in [0.5, 0.6) is 0 Å². The van der Waals surface area contributed by atoms with Crippen LogP contribution < -0.4 is 21.4 Å². The van der Waals surface area contributed by atoms with Crippen LogP contribution in [0, 0.1) is 6.92 Å². The highest BCUT2D eigenvalue weighted by Gasteiger charge is 2.60. The molecule has 1 aromatic rings. The number of nitrogens with zero attached hydrogens (tertiary/aromatic N) is 2. The maximum absolute atomic E-state index is 12.4. The molecule has 2 aliphatic heterocycles. The van der Waals surface area contributed by atoms with E-state index in [-0.39, 0.29) is 12.1 Å². The first-order valence-electron chi connectivity index (χ1n) is 7.04. The van der Waals surface area contributed by atoms with E-state index >= 15 is 0 Å². The zero-order valence-corrected chi connectivity index (χ0v) is 12.6. The molecule has 0 saturated carbocycles. The second-order valence-electron chi connectivity index (χ2n) is 5.77. The van der Waals surface area contributed by atoms with Crippen molar-refractivity contribution in [1.29, 1.82) is 0 Å². The van der Waals surface area contributed by atoms with Crippen LogP contribution in [0.1, 0.15) is 18.7 Å². The first-order chi connectivity index (χ1) is 10.8. The number of carbonyl (C=O) groups excluding carboxylic acids is 1. The number of hydrogen-bond acceptors (Lipinski definition) is 8. The number of carbonyl (C=O) groups is 1. The maximum atomic E-state index is 12.4. The average molecular weight is 327 g/mol. The Kier molecular flexibility index (Phi) is 3.64. The molecule has 0 amide bonds. The predicted octanol–water partition coefficient (Wildman–Crippen LogP) is -3.11. The molecule has 2 bridgehead atoms. The topological polar surface area (TPSA) is 132 Å². The first-order valence-corrected chi connectivity index (χ1v) is 7.04. The lowest BCUT2D eigenvalue weighted by atomic mass is 10.0. The molecule has 3 heterocycles. The summed E-state index contributed by atoms with van der Waals surface area (Å²) >= 11 is 0. The molecule has 1 aromatic heterocycles. The van der Waals surface area contributed by atoms with Crippen molar-refractivity contribution in [2.24, 2.45) is 0 Å². The first kappa shape index (κ1) is 15.9. The van der Waals surface area contributed by atoms with Gasteiger partial charge in [-0.1, -0.05) is 4.73 Å². The molecule has 0 radical (unpaired) electrons. The number of ether oxygens (including phenoxy) is 1. The van der Waals surface area contributed by atoms with E-state index in [1.54, 1.807) is 0 Å². The quantitative estimate of drug-likeness (QED) is 0.531. The third kappa shape index (κ3) is 2.22. The average Bonchev–Trinajstić information content (AvgIpc) is 2.98. The van der Waals surface area contributed by atoms with E-state index in [1.807, 2.05) is 0 Å². The Hall–Kier alpha value is -2.01. The van der Waals surface area contributed by atoms with Crippen LogP contribution in [0.4, 0.5) is 0 Å². The summed E-state index contributed by atoms with van der Waals surface area (Å²) in [5.41, 5.74) is -2.71. The van der Waals surface area contributed by atoms with Gasteiger partial charge in [-0.3, -0.25) is 9.36 Å². The van der Waals surface area contributed by atoms with Gasteiger partial charge in [0.25, 0.3) is 5.56 Å². The molecule has 3 rings (SSSR count). The van der Waals surface area contributed by atoms with Crippen molar-refractivity contribution < 1.29 is 24.6 Å². The molecule has 2 fully saturated rings. The number of morpholine rings is 1. The molecule has 2 saturated heterocycles. The zero-order valence-electron chi connectivity index (χ0n) is 12.6. The van der Waals surface area contributed by atoms with Gasteiger partial charge in [-0.2, -0.15) is 0 Å². The van der Waals surface area contributed by atoms with E-state index in [1.165, 1.54) is 13.1 Å². The molecule has 0 aromatic carbocycles. The van der Waals surface area contributed by atoms with Crippen molar-refractivity contribution in [1.82, 2.24) is 14.6 Å². The molecule has 0 spiro atoms. The van der Waals surface area contributed by atoms with Crippen molar-refractivity contribution in [3.05, 3.63) is 32.6 Å². The van der Waals surface area contributed by atoms with Crippen LogP contribution in [0.2, 0.25) is 0 Å². The summed E-state index contributed by atoms with van der Waals surface area (Å²) in [5, 5.41) is 22.7. The summed E-state index contributed by atoms with van der Waals surface area (Å²) in [4.78, 5) is 40.2. The molecular weight excluding hydrogens is 310 g/mol. The van der Waals surface area contributed by atoms with Crippen LogP contribution in [-0.4, -0.2) is 56.4 Å². The normalized spacial score (nSPS) is 32.3. The zero-order chi connectivity index (χ0) is 16.9. The van der Waals surface area contributed by atoms with Gasteiger partial charge in [-0.05, 0) is 6.92 Å². The number of hydrogen-bond donors (Lipinski definition) is 3.